The lowest BCUT2D eigenvalue weighted by Crippen LogP contribution is -2.57. The summed E-state index contributed by atoms with van der Waals surface area (Å²) in [6.07, 6.45) is 0. The summed E-state index contributed by atoms with van der Waals surface area (Å²) in [5.41, 5.74) is 0.882. The van der Waals surface area contributed by atoms with Gasteiger partial charge < -0.3 is 15.4 Å². The Morgan fingerprint density at radius 3 is 3.00 bits per heavy atom. The van der Waals surface area contributed by atoms with Gasteiger partial charge in [-0.25, -0.2) is 0 Å². The molecule has 0 radical (unpaired) electrons. The molecule has 2 N–H and O–H groups in total. The highest BCUT2D eigenvalue weighted by atomic mass is 16.5. The number of hydrogen-bond donors (Lipinski definition) is 2. The molecule has 0 spiro atoms. The summed E-state index contributed by atoms with van der Waals surface area (Å²) in [4.78, 5) is 22.1. The quantitative estimate of drug-likeness (QED) is 0.581. The van der Waals surface area contributed by atoms with E-state index in [2.05, 4.69) is 17.2 Å². The van der Waals surface area contributed by atoms with Crippen molar-refractivity contribution >= 4 is 11.8 Å². The Hall–Kier alpha value is -1.36. The molecular formula is C9H14N2O3. The molecule has 0 aromatic carbocycles. The molecule has 1 aliphatic rings. The monoisotopic (exact) mass is 198 g/mol. The van der Waals surface area contributed by atoms with Crippen LogP contribution in [0.2, 0.25) is 0 Å². The smallest absolute Gasteiger partial charge is 0.245 e. The molecule has 0 aromatic heterocycles. The van der Waals surface area contributed by atoms with Crippen molar-refractivity contribution in [3.63, 3.8) is 0 Å². The van der Waals surface area contributed by atoms with Crippen molar-refractivity contribution in [1.29, 1.82) is 0 Å². The van der Waals surface area contributed by atoms with Crippen LogP contribution in [0.4, 0.5) is 0 Å². The lowest BCUT2D eigenvalue weighted by atomic mass is 10.2. The van der Waals surface area contributed by atoms with Gasteiger partial charge >= 0.3 is 0 Å². The minimum absolute atomic E-state index is 0.0514. The maximum absolute atomic E-state index is 11.2. The van der Waals surface area contributed by atoms with Crippen LogP contribution in [0, 0.1) is 0 Å². The first kappa shape index (κ1) is 10.7. The van der Waals surface area contributed by atoms with Crippen molar-refractivity contribution in [2.24, 2.45) is 0 Å². The number of hydrogen-bond acceptors (Lipinski definition) is 3. The Morgan fingerprint density at radius 1 is 1.64 bits per heavy atom. The van der Waals surface area contributed by atoms with Gasteiger partial charge in [-0.2, -0.15) is 0 Å². The van der Waals surface area contributed by atoms with E-state index < -0.39 is 6.04 Å². The van der Waals surface area contributed by atoms with Crippen LogP contribution < -0.4 is 10.6 Å². The van der Waals surface area contributed by atoms with E-state index in [4.69, 9.17) is 4.74 Å². The summed E-state index contributed by atoms with van der Waals surface area (Å²) in [6, 6.07) is -0.574. The fourth-order valence-electron chi connectivity index (χ4n) is 1.07. The van der Waals surface area contributed by atoms with Gasteiger partial charge in [0, 0.05) is 0 Å². The van der Waals surface area contributed by atoms with Gasteiger partial charge in [0.15, 0.2) is 0 Å². The predicted octanol–water partition coefficient (Wildman–Crippen LogP) is -0.806. The lowest BCUT2D eigenvalue weighted by Gasteiger charge is -2.22. The number of ether oxygens (including phenoxy) is 1. The van der Waals surface area contributed by atoms with E-state index in [1.54, 1.807) is 0 Å². The summed E-state index contributed by atoms with van der Waals surface area (Å²) >= 11 is 0. The van der Waals surface area contributed by atoms with Crippen LogP contribution in [-0.2, 0) is 14.3 Å². The topological polar surface area (TPSA) is 67.4 Å². The molecule has 0 unspecified atom stereocenters. The number of carbonyl (C=O) groups is 2. The SMILES string of the molecule is C=C(C)COC[C@H]1NC(=O)CNC1=O. The molecule has 5 heteroatoms. The average molecular weight is 198 g/mol. The van der Waals surface area contributed by atoms with Crippen LogP contribution in [0.5, 0.6) is 0 Å². The Labute approximate surface area is 82.5 Å². The maximum Gasteiger partial charge on any atom is 0.245 e. The third-order valence-electron chi connectivity index (χ3n) is 1.71. The zero-order valence-electron chi connectivity index (χ0n) is 8.13. The van der Waals surface area contributed by atoms with E-state index in [1.807, 2.05) is 6.92 Å². The van der Waals surface area contributed by atoms with Crippen molar-refractivity contribution in [3.05, 3.63) is 12.2 Å². The first-order valence-electron chi connectivity index (χ1n) is 4.39. The standard InChI is InChI=1S/C9H14N2O3/c1-6(2)4-14-5-7-9(13)10-3-8(12)11-7/h7H,1,3-5H2,2H3,(H,10,13)(H,11,12)/t7-/m1/s1. The van der Waals surface area contributed by atoms with Crippen molar-refractivity contribution in [2.75, 3.05) is 19.8 Å². The van der Waals surface area contributed by atoms with Gasteiger partial charge in [-0.05, 0) is 6.92 Å². The Morgan fingerprint density at radius 2 is 2.36 bits per heavy atom. The number of piperazine rings is 1. The van der Waals surface area contributed by atoms with Crippen molar-refractivity contribution in [2.45, 2.75) is 13.0 Å². The van der Waals surface area contributed by atoms with Gasteiger partial charge in [0.05, 0.1) is 19.8 Å². The van der Waals surface area contributed by atoms with E-state index >= 15 is 0 Å². The zero-order valence-corrected chi connectivity index (χ0v) is 8.13. The number of nitrogens with one attached hydrogen (secondary N) is 2. The Balaban J connectivity index is 2.31. The van der Waals surface area contributed by atoms with Crippen molar-refractivity contribution in [3.8, 4) is 0 Å². The third-order valence-corrected chi connectivity index (χ3v) is 1.71. The second kappa shape index (κ2) is 4.76. The number of amides is 2. The minimum Gasteiger partial charge on any atom is -0.374 e. The molecule has 2 amide bonds. The largest absolute Gasteiger partial charge is 0.374 e. The molecule has 14 heavy (non-hydrogen) atoms. The first-order valence-corrected chi connectivity index (χ1v) is 4.39. The average Bonchev–Trinajstić information content (AvgIpc) is 2.10. The van der Waals surface area contributed by atoms with Crippen LogP contribution in [0.3, 0.4) is 0 Å². The predicted molar refractivity (Wildman–Crippen MR) is 50.6 cm³/mol. The summed E-state index contributed by atoms with van der Waals surface area (Å²) in [5, 5.41) is 5.00. The van der Waals surface area contributed by atoms with Crippen LogP contribution in [-0.4, -0.2) is 37.6 Å². The lowest BCUT2D eigenvalue weighted by molar-refractivity contribution is -0.135. The van der Waals surface area contributed by atoms with Crippen LogP contribution >= 0.6 is 0 Å². The minimum atomic E-state index is -0.574. The molecule has 1 atom stereocenters. The van der Waals surface area contributed by atoms with Crippen molar-refractivity contribution in [1.82, 2.24) is 10.6 Å². The Kier molecular flexibility index (Phi) is 3.64. The first-order chi connectivity index (χ1) is 6.59. The molecule has 0 aromatic rings. The molecule has 0 aliphatic carbocycles. The highest BCUT2D eigenvalue weighted by Gasteiger charge is 2.25. The van der Waals surface area contributed by atoms with E-state index in [9.17, 15) is 9.59 Å². The highest BCUT2D eigenvalue weighted by molar-refractivity contribution is 5.94. The maximum atomic E-state index is 11.2. The molecule has 0 bridgehead atoms. The highest BCUT2D eigenvalue weighted by Crippen LogP contribution is 1.94. The Bertz CT molecular complexity index is 263. The van der Waals surface area contributed by atoms with Gasteiger partial charge in [0.25, 0.3) is 0 Å². The van der Waals surface area contributed by atoms with Crippen LogP contribution in [0.1, 0.15) is 6.92 Å². The van der Waals surface area contributed by atoms with E-state index in [1.165, 1.54) is 0 Å². The normalized spacial score (nSPS) is 21.4. The molecule has 1 saturated heterocycles. The fraction of sp³-hybridized carbons (Fsp3) is 0.556. The fourth-order valence-corrected chi connectivity index (χ4v) is 1.07. The molecule has 1 heterocycles. The second-order valence-electron chi connectivity index (χ2n) is 3.31. The summed E-state index contributed by atoms with van der Waals surface area (Å²) < 4.78 is 5.18. The van der Waals surface area contributed by atoms with E-state index in [0.29, 0.717) is 6.61 Å². The van der Waals surface area contributed by atoms with Gasteiger partial charge in [-0.1, -0.05) is 12.2 Å². The van der Waals surface area contributed by atoms with E-state index in [-0.39, 0.29) is 25.0 Å². The molecule has 0 saturated carbocycles. The summed E-state index contributed by atoms with van der Waals surface area (Å²) in [5.74, 6) is -0.389. The summed E-state index contributed by atoms with van der Waals surface area (Å²) in [6.45, 7) is 6.13. The second-order valence-corrected chi connectivity index (χ2v) is 3.31. The molecular weight excluding hydrogens is 184 g/mol. The van der Waals surface area contributed by atoms with Crippen LogP contribution in [0.25, 0.3) is 0 Å². The van der Waals surface area contributed by atoms with Gasteiger partial charge in [0.2, 0.25) is 11.8 Å². The van der Waals surface area contributed by atoms with Crippen LogP contribution in [0.15, 0.2) is 12.2 Å². The summed E-state index contributed by atoms with van der Waals surface area (Å²) in [7, 11) is 0. The van der Waals surface area contributed by atoms with Gasteiger partial charge in [-0.3, -0.25) is 9.59 Å². The number of rotatable bonds is 4. The van der Waals surface area contributed by atoms with Gasteiger partial charge in [-0.15, -0.1) is 0 Å². The van der Waals surface area contributed by atoms with Crippen molar-refractivity contribution < 1.29 is 14.3 Å². The third kappa shape index (κ3) is 3.18. The van der Waals surface area contributed by atoms with Gasteiger partial charge in [0.1, 0.15) is 6.04 Å². The molecule has 5 nitrogen and oxygen atoms in total. The zero-order chi connectivity index (χ0) is 10.6. The number of carbonyl (C=O) groups excluding carboxylic acids is 2. The molecule has 1 rings (SSSR count). The molecule has 1 aliphatic heterocycles. The van der Waals surface area contributed by atoms with E-state index in [0.717, 1.165) is 5.57 Å². The molecule has 1 fully saturated rings. The molecule has 78 valence electrons.